The van der Waals surface area contributed by atoms with E-state index >= 15 is 0 Å². The van der Waals surface area contributed by atoms with Gasteiger partial charge >= 0.3 is 0 Å². The topological polar surface area (TPSA) is 56.7 Å². The monoisotopic (exact) mass is 176 g/mol. The molecule has 64 valence electrons. The van der Waals surface area contributed by atoms with Crippen LogP contribution in [0.2, 0.25) is 0 Å². The molecule has 0 aliphatic heterocycles. The first-order valence-corrected chi connectivity index (χ1v) is 3.35. The van der Waals surface area contributed by atoms with E-state index in [1.807, 2.05) is 14.0 Å². The molecule has 1 heterocycles. The summed E-state index contributed by atoms with van der Waals surface area (Å²) in [5, 5.41) is 3.91. The maximum Gasteiger partial charge on any atom is 0.143 e. The predicted molar refractivity (Wildman–Crippen MR) is 45.5 cm³/mol. The second-order valence-corrected chi connectivity index (χ2v) is 2.26. The van der Waals surface area contributed by atoms with Gasteiger partial charge in [-0.05, 0) is 6.42 Å². The van der Waals surface area contributed by atoms with Gasteiger partial charge in [0.25, 0.3) is 0 Å². The lowest BCUT2D eigenvalue weighted by Gasteiger charge is -2.05. The second-order valence-electron chi connectivity index (χ2n) is 2.26. The predicted octanol–water partition coefficient (Wildman–Crippen LogP) is 0.647. The Morgan fingerprint density at radius 1 is 1.73 bits per heavy atom. The fourth-order valence-corrected chi connectivity index (χ4v) is 0.823. The summed E-state index contributed by atoms with van der Waals surface area (Å²) in [5.74, 6) is 0.850. The molecule has 0 aliphatic rings. The van der Waals surface area contributed by atoms with Crippen molar-refractivity contribution in [1.29, 1.82) is 0 Å². The van der Waals surface area contributed by atoms with E-state index in [1.165, 1.54) is 6.33 Å². The van der Waals surface area contributed by atoms with Crippen LogP contribution in [0.1, 0.15) is 25.2 Å². The summed E-state index contributed by atoms with van der Waals surface area (Å²) in [6.07, 6.45) is 2.41. The Balaban J connectivity index is 0.000001000. The fourth-order valence-electron chi connectivity index (χ4n) is 0.823. The molecule has 1 atom stereocenters. The molecular weight excluding hydrogens is 164 g/mol. The van der Waals surface area contributed by atoms with Crippen LogP contribution < -0.4 is 5.73 Å². The molecule has 1 aromatic heterocycles. The van der Waals surface area contributed by atoms with Gasteiger partial charge in [-0.15, -0.1) is 12.4 Å². The zero-order valence-electron chi connectivity index (χ0n) is 6.69. The third-order valence-corrected chi connectivity index (χ3v) is 1.52. The van der Waals surface area contributed by atoms with Crippen LogP contribution in [0.4, 0.5) is 0 Å². The minimum Gasteiger partial charge on any atom is -0.321 e. The zero-order chi connectivity index (χ0) is 7.56. The van der Waals surface area contributed by atoms with Crippen LogP contribution in [0.25, 0.3) is 0 Å². The normalized spacial score (nSPS) is 12.3. The van der Waals surface area contributed by atoms with Crippen molar-refractivity contribution in [2.75, 3.05) is 0 Å². The van der Waals surface area contributed by atoms with Gasteiger partial charge in [-0.1, -0.05) is 6.92 Å². The number of hydrogen-bond acceptors (Lipinski definition) is 3. The zero-order valence-corrected chi connectivity index (χ0v) is 7.51. The number of aromatic nitrogens is 3. The lowest BCUT2D eigenvalue weighted by atomic mass is 10.2. The van der Waals surface area contributed by atoms with E-state index in [0.717, 1.165) is 12.2 Å². The summed E-state index contributed by atoms with van der Waals surface area (Å²) in [7, 11) is 1.85. The van der Waals surface area contributed by atoms with Crippen molar-refractivity contribution in [3.63, 3.8) is 0 Å². The van der Waals surface area contributed by atoms with E-state index in [-0.39, 0.29) is 18.4 Å². The van der Waals surface area contributed by atoms with Crippen LogP contribution in [0.3, 0.4) is 0 Å². The van der Waals surface area contributed by atoms with E-state index in [4.69, 9.17) is 5.73 Å². The van der Waals surface area contributed by atoms with Gasteiger partial charge in [0, 0.05) is 7.05 Å². The summed E-state index contributed by atoms with van der Waals surface area (Å²) < 4.78 is 1.70. The number of hydrogen-bond donors (Lipinski definition) is 1. The van der Waals surface area contributed by atoms with Crippen molar-refractivity contribution in [1.82, 2.24) is 14.8 Å². The van der Waals surface area contributed by atoms with Crippen molar-refractivity contribution in [3.8, 4) is 0 Å². The molecule has 0 saturated heterocycles. The van der Waals surface area contributed by atoms with E-state index in [2.05, 4.69) is 10.1 Å². The van der Waals surface area contributed by atoms with Crippen LogP contribution in [-0.2, 0) is 7.05 Å². The first kappa shape index (κ1) is 10.4. The highest BCUT2D eigenvalue weighted by Gasteiger charge is 2.07. The summed E-state index contributed by atoms with van der Waals surface area (Å²) in [4.78, 5) is 4.01. The van der Waals surface area contributed by atoms with Gasteiger partial charge in [0.15, 0.2) is 0 Å². The van der Waals surface area contributed by atoms with E-state index < -0.39 is 0 Å². The van der Waals surface area contributed by atoms with Crippen molar-refractivity contribution in [3.05, 3.63) is 12.2 Å². The molecule has 11 heavy (non-hydrogen) atoms. The van der Waals surface area contributed by atoms with Crippen molar-refractivity contribution in [2.24, 2.45) is 12.8 Å². The second kappa shape index (κ2) is 4.31. The molecule has 1 rings (SSSR count). The van der Waals surface area contributed by atoms with Crippen LogP contribution in [0.5, 0.6) is 0 Å². The highest BCUT2D eigenvalue weighted by molar-refractivity contribution is 5.85. The number of nitrogens with two attached hydrogens (primary N) is 1. The lowest BCUT2D eigenvalue weighted by Crippen LogP contribution is -2.14. The maximum atomic E-state index is 5.72. The molecule has 5 heteroatoms. The summed E-state index contributed by atoms with van der Waals surface area (Å²) in [5.41, 5.74) is 5.72. The van der Waals surface area contributed by atoms with E-state index in [0.29, 0.717) is 0 Å². The van der Waals surface area contributed by atoms with Gasteiger partial charge in [0.2, 0.25) is 0 Å². The Bertz CT molecular complexity index is 210. The Hall–Kier alpha value is -0.610. The first-order valence-electron chi connectivity index (χ1n) is 3.35. The van der Waals surface area contributed by atoms with Gasteiger partial charge in [-0.2, -0.15) is 5.10 Å². The first-order chi connectivity index (χ1) is 4.75. The van der Waals surface area contributed by atoms with Crippen molar-refractivity contribution >= 4 is 12.4 Å². The minimum absolute atomic E-state index is 0. The molecule has 0 bridgehead atoms. The van der Waals surface area contributed by atoms with Gasteiger partial charge in [-0.25, -0.2) is 4.98 Å². The minimum atomic E-state index is 0. The Morgan fingerprint density at radius 3 is 2.73 bits per heavy atom. The summed E-state index contributed by atoms with van der Waals surface area (Å²) in [6, 6.07) is 0.0208. The van der Waals surface area contributed by atoms with Crippen LogP contribution >= 0.6 is 12.4 Å². The summed E-state index contributed by atoms with van der Waals surface area (Å²) >= 11 is 0. The molecule has 0 amide bonds. The Kier molecular flexibility index (Phi) is 4.07. The average Bonchev–Trinajstić information content (AvgIpc) is 2.34. The Morgan fingerprint density at radius 2 is 2.36 bits per heavy atom. The molecule has 0 unspecified atom stereocenters. The third-order valence-electron chi connectivity index (χ3n) is 1.52. The molecule has 0 fully saturated rings. The van der Waals surface area contributed by atoms with Gasteiger partial charge in [0.1, 0.15) is 12.2 Å². The molecule has 0 radical (unpaired) electrons. The Labute approximate surface area is 72.2 Å². The standard InChI is InChI=1S/C6H12N4.ClH/c1-3-5(7)6-8-4-9-10(6)2;/h4-5H,3,7H2,1-2H3;1H/t5-;/m0./s1. The highest BCUT2D eigenvalue weighted by atomic mass is 35.5. The number of rotatable bonds is 2. The molecule has 2 N–H and O–H groups in total. The van der Waals surface area contributed by atoms with Gasteiger partial charge < -0.3 is 5.73 Å². The maximum absolute atomic E-state index is 5.72. The molecule has 4 nitrogen and oxygen atoms in total. The molecule has 0 spiro atoms. The summed E-state index contributed by atoms with van der Waals surface area (Å²) in [6.45, 7) is 2.03. The number of halogens is 1. The van der Waals surface area contributed by atoms with Crippen LogP contribution in [0.15, 0.2) is 6.33 Å². The molecule has 1 aromatic rings. The smallest absolute Gasteiger partial charge is 0.143 e. The molecular formula is C6H13ClN4. The van der Waals surface area contributed by atoms with Crippen molar-refractivity contribution < 1.29 is 0 Å². The molecule has 0 aromatic carbocycles. The molecule has 0 saturated carbocycles. The van der Waals surface area contributed by atoms with E-state index in [1.54, 1.807) is 4.68 Å². The number of aryl methyl sites for hydroxylation is 1. The SMILES string of the molecule is CC[C@H](N)c1ncnn1C.Cl. The average molecular weight is 177 g/mol. The van der Waals surface area contributed by atoms with Crippen LogP contribution in [0, 0.1) is 0 Å². The van der Waals surface area contributed by atoms with Gasteiger partial charge in [-0.3, -0.25) is 4.68 Å². The van der Waals surface area contributed by atoms with Gasteiger partial charge in [0.05, 0.1) is 6.04 Å². The van der Waals surface area contributed by atoms with Crippen molar-refractivity contribution in [2.45, 2.75) is 19.4 Å². The lowest BCUT2D eigenvalue weighted by molar-refractivity contribution is 0.590. The molecule has 0 aliphatic carbocycles. The third kappa shape index (κ3) is 2.17. The largest absolute Gasteiger partial charge is 0.321 e. The highest BCUT2D eigenvalue weighted by Crippen LogP contribution is 2.07. The number of nitrogens with zero attached hydrogens (tertiary/aromatic N) is 3. The van der Waals surface area contributed by atoms with Crippen LogP contribution in [-0.4, -0.2) is 14.8 Å². The van der Waals surface area contributed by atoms with E-state index in [9.17, 15) is 0 Å². The quantitative estimate of drug-likeness (QED) is 0.720. The fraction of sp³-hybridized carbons (Fsp3) is 0.667.